The summed E-state index contributed by atoms with van der Waals surface area (Å²) in [5, 5.41) is 0. The van der Waals surface area contributed by atoms with E-state index in [-0.39, 0.29) is 6.04 Å². The Balaban J connectivity index is 1.90. The highest BCUT2D eigenvalue weighted by atomic mass is 15.2. The van der Waals surface area contributed by atoms with Crippen LogP contribution < -0.4 is 10.6 Å². The molecule has 3 rings (SSSR count). The van der Waals surface area contributed by atoms with Crippen LogP contribution in [0.1, 0.15) is 13.3 Å². The van der Waals surface area contributed by atoms with Crippen LogP contribution in [0, 0.1) is 5.92 Å². The Kier molecular flexibility index (Phi) is 2.88. The molecule has 0 spiro atoms. The predicted octanol–water partition coefficient (Wildman–Crippen LogP) is 1.80. The number of anilines is 1. The van der Waals surface area contributed by atoms with Crippen molar-refractivity contribution in [2.45, 2.75) is 19.4 Å². The molecule has 0 bridgehead atoms. The van der Waals surface area contributed by atoms with E-state index in [4.69, 9.17) is 5.73 Å². The second kappa shape index (κ2) is 4.53. The van der Waals surface area contributed by atoms with Gasteiger partial charge in [-0.25, -0.2) is 4.98 Å². The van der Waals surface area contributed by atoms with E-state index in [0.717, 1.165) is 36.4 Å². The molecule has 0 aliphatic carbocycles. The molecule has 18 heavy (non-hydrogen) atoms. The number of hydrogen-bond acceptors (Lipinski definition) is 4. The Bertz CT molecular complexity index is 554. The van der Waals surface area contributed by atoms with Crippen molar-refractivity contribution < 1.29 is 0 Å². The molecule has 0 saturated carbocycles. The zero-order valence-electron chi connectivity index (χ0n) is 10.6. The van der Waals surface area contributed by atoms with Gasteiger partial charge in [0.25, 0.3) is 0 Å². The number of fused-ring (bicyclic) bond motifs is 1. The van der Waals surface area contributed by atoms with E-state index < -0.39 is 0 Å². The second-order valence-corrected chi connectivity index (χ2v) is 5.09. The average Bonchev–Trinajstić information content (AvgIpc) is 2.41. The van der Waals surface area contributed by atoms with E-state index in [0.29, 0.717) is 5.92 Å². The number of piperidine rings is 1. The molecule has 2 heterocycles. The highest BCUT2D eigenvalue weighted by Gasteiger charge is 2.24. The minimum atomic E-state index is 0.229. The molecule has 2 aromatic rings. The third kappa shape index (κ3) is 2.04. The molecule has 2 N–H and O–H groups in total. The summed E-state index contributed by atoms with van der Waals surface area (Å²) in [5.41, 5.74) is 8.02. The number of rotatable bonds is 1. The largest absolute Gasteiger partial charge is 0.354 e. The average molecular weight is 242 g/mol. The Morgan fingerprint density at radius 1 is 1.28 bits per heavy atom. The van der Waals surface area contributed by atoms with Gasteiger partial charge in [-0.3, -0.25) is 4.98 Å². The summed E-state index contributed by atoms with van der Waals surface area (Å²) in [6.45, 7) is 4.10. The van der Waals surface area contributed by atoms with Crippen LogP contribution in [0.5, 0.6) is 0 Å². The van der Waals surface area contributed by atoms with E-state index in [1.807, 2.05) is 30.5 Å². The smallest absolute Gasteiger partial charge is 0.147 e. The summed E-state index contributed by atoms with van der Waals surface area (Å²) >= 11 is 0. The lowest BCUT2D eigenvalue weighted by atomic mass is 9.94. The molecule has 0 radical (unpaired) electrons. The molecule has 1 aliphatic rings. The van der Waals surface area contributed by atoms with Gasteiger partial charge in [-0.1, -0.05) is 19.1 Å². The number of nitrogens with zero attached hydrogens (tertiary/aromatic N) is 3. The number of para-hydroxylation sites is 2. The van der Waals surface area contributed by atoms with E-state index >= 15 is 0 Å². The highest BCUT2D eigenvalue weighted by molar-refractivity contribution is 5.75. The zero-order chi connectivity index (χ0) is 12.5. The maximum absolute atomic E-state index is 6.13. The standard InChI is InChI=1S/C14H18N4/c1-10-6-7-18(9-11(10)15)14-8-16-12-4-2-3-5-13(12)17-14/h2-5,8,10-11H,6-7,9,15H2,1H3. The molecular formula is C14H18N4. The van der Waals surface area contributed by atoms with Crippen molar-refractivity contribution in [3.63, 3.8) is 0 Å². The molecule has 1 aromatic heterocycles. The van der Waals surface area contributed by atoms with Crippen molar-refractivity contribution >= 4 is 16.9 Å². The van der Waals surface area contributed by atoms with Gasteiger partial charge in [0.05, 0.1) is 17.2 Å². The summed E-state index contributed by atoms with van der Waals surface area (Å²) in [6, 6.07) is 8.18. The topological polar surface area (TPSA) is 55.0 Å². The fourth-order valence-electron chi connectivity index (χ4n) is 2.41. The van der Waals surface area contributed by atoms with Crippen LogP contribution in [0.4, 0.5) is 5.82 Å². The van der Waals surface area contributed by atoms with Gasteiger partial charge in [-0.05, 0) is 24.5 Å². The van der Waals surface area contributed by atoms with Gasteiger partial charge in [0.2, 0.25) is 0 Å². The number of benzene rings is 1. The molecule has 1 aliphatic heterocycles. The van der Waals surface area contributed by atoms with Crippen LogP contribution in [-0.2, 0) is 0 Å². The summed E-state index contributed by atoms with van der Waals surface area (Å²) in [7, 11) is 0. The van der Waals surface area contributed by atoms with Crippen molar-refractivity contribution in [1.82, 2.24) is 9.97 Å². The Hall–Kier alpha value is -1.68. The fraction of sp³-hybridized carbons (Fsp3) is 0.429. The Labute approximate surface area is 107 Å². The molecule has 4 nitrogen and oxygen atoms in total. The Morgan fingerprint density at radius 2 is 2.06 bits per heavy atom. The van der Waals surface area contributed by atoms with Crippen LogP contribution >= 0.6 is 0 Å². The molecule has 94 valence electrons. The third-order valence-electron chi connectivity index (χ3n) is 3.78. The van der Waals surface area contributed by atoms with E-state index in [9.17, 15) is 0 Å². The summed E-state index contributed by atoms with van der Waals surface area (Å²) in [5.74, 6) is 1.53. The van der Waals surface area contributed by atoms with Gasteiger partial charge < -0.3 is 10.6 Å². The van der Waals surface area contributed by atoms with Crippen molar-refractivity contribution in [3.05, 3.63) is 30.5 Å². The molecule has 2 atom stereocenters. The van der Waals surface area contributed by atoms with Gasteiger partial charge in [-0.2, -0.15) is 0 Å². The van der Waals surface area contributed by atoms with Crippen molar-refractivity contribution in [1.29, 1.82) is 0 Å². The van der Waals surface area contributed by atoms with Gasteiger partial charge in [0.1, 0.15) is 5.82 Å². The minimum absolute atomic E-state index is 0.229. The first-order valence-electron chi connectivity index (χ1n) is 6.46. The number of hydrogen-bond donors (Lipinski definition) is 1. The van der Waals surface area contributed by atoms with Gasteiger partial charge in [-0.15, -0.1) is 0 Å². The predicted molar refractivity (Wildman–Crippen MR) is 73.5 cm³/mol. The normalized spacial score (nSPS) is 24.4. The maximum atomic E-state index is 6.13. The van der Waals surface area contributed by atoms with Crippen LogP contribution in [0.2, 0.25) is 0 Å². The SMILES string of the molecule is CC1CCN(c2cnc3ccccc3n2)CC1N. The van der Waals surface area contributed by atoms with Crippen molar-refractivity contribution in [2.24, 2.45) is 11.7 Å². The molecule has 1 saturated heterocycles. The van der Waals surface area contributed by atoms with Crippen LogP contribution in [0.3, 0.4) is 0 Å². The van der Waals surface area contributed by atoms with Crippen LogP contribution in [0.25, 0.3) is 11.0 Å². The summed E-state index contributed by atoms with van der Waals surface area (Å²) in [4.78, 5) is 11.4. The lowest BCUT2D eigenvalue weighted by Crippen LogP contribution is -2.47. The van der Waals surface area contributed by atoms with Crippen molar-refractivity contribution in [3.8, 4) is 0 Å². The first-order chi connectivity index (χ1) is 8.74. The van der Waals surface area contributed by atoms with Gasteiger partial charge in [0, 0.05) is 19.1 Å². The number of nitrogens with two attached hydrogens (primary N) is 1. The Morgan fingerprint density at radius 3 is 2.83 bits per heavy atom. The minimum Gasteiger partial charge on any atom is -0.354 e. The molecule has 0 amide bonds. The zero-order valence-corrected chi connectivity index (χ0v) is 10.6. The number of aromatic nitrogens is 2. The molecule has 1 fully saturated rings. The monoisotopic (exact) mass is 242 g/mol. The highest BCUT2D eigenvalue weighted by Crippen LogP contribution is 2.21. The molecular weight excluding hydrogens is 224 g/mol. The first kappa shape index (κ1) is 11.4. The fourth-order valence-corrected chi connectivity index (χ4v) is 2.41. The molecule has 4 heteroatoms. The lowest BCUT2D eigenvalue weighted by molar-refractivity contribution is 0.378. The third-order valence-corrected chi connectivity index (χ3v) is 3.78. The van der Waals surface area contributed by atoms with Crippen molar-refractivity contribution in [2.75, 3.05) is 18.0 Å². The van der Waals surface area contributed by atoms with E-state index in [1.165, 1.54) is 0 Å². The summed E-state index contributed by atoms with van der Waals surface area (Å²) < 4.78 is 0. The van der Waals surface area contributed by atoms with E-state index in [1.54, 1.807) is 0 Å². The maximum Gasteiger partial charge on any atom is 0.147 e. The summed E-state index contributed by atoms with van der Waals surface area (Å²) in [6.07, 6.45) is 2.97. The van der Waals surface area contributed by atoms with Crippen LogP contribution in [-0.4, -0.2) is 29.1 Å². The van der Waals surface area contributed by atoms with Gasteiger partial charge >= 0.3 is 0 Å². The molecule has 2 unspecified atom stereocenters. The van der Waals surface area contributed by atoms with E-state index in [2.05, 4.69) is 21.8 Å². The second-order valence-electron chi connectivity index (χ2n) is 5.09. The quantitative estimate of drug-likeness (QED) is 0.828. The van der Waals surface area contributed by atoms with Gasteiger partial charge in [0.15, 0.2) is 0 Å². The van der Waals surface area contributed by atoms with Crippen LogP contribution in [0.15, 0.2) is 30.5 Å². The first-order valence-corrected chi connectivity index (χ1v) is 6.46. The molecule has 1 aromatic carbocycles. The lowest BCUT2D eigenvalue weighted by Gasteiger charge is -2.35.